The fourth-order valence-electron chi connectivity index (χ4n) is 4.77. The predicted molar refractivity (Wildman–Crippen MR) is 156 cm³/mol. The topological polar surface area (TPSA) is 130 Å². The van der Waals surface area contributed by atoms with Crippen LogP contribution in [0.15, 0.2) is 83.8 Å². The monoisotopic (exact) mass is 598 g/mol. The second kappa shape index (κ2) is 13.1. The average molecular weight is 599 g/mol. The number of hydrogen-bond acceptors (Lipinski definition) is 6. The van der Waals surface area contributed by atoms with E-state index in [4.69, 9.17) is 11.6 Å². The highest BCUT2D eigenvalue weighted by Gasteiger charge is 2.33. The lowest BCUT2D eigenvalue weighted by molar-refractivity contribution is -0.384. The molecule has 3 aromatic rings. The van der Waals surface area contributed by atoms with Crippen LogP contribution >= 0.6 is 11.6 Å². The number of nitrogens with zero attached hydrogens (tertiary/aromatic N) is 3. The molecular weight excluding hydrogens is 568 g/mol. The van der Waals surface area contributed by atoms with Gasteiger partial charge in [-0.3, -0.25) is 24.0 Å². The maximum atomic E-state index is 14.0. The fourth-order valence-corrected chi connectivity index (χ4v) is 6.40. The molecule has 2 amide bonds. The number of halogens is 1. The quantitative estimate of drug-likeness (QED) is 0.246. The van der Waals surface area contributed by atoms with Gasteiger partial charge in [0.2, 0.25) is 11.8 Å². The molecule has 216 valence electrons. The first-order valence-electron chi connectivity index (χ1n) is 13.2. The number of non-ortho nitro benzene ring substituents is 1. The molecule has 1 N–H and O–H groups in total. The highest BCUT2D eigenvalue weighted by Crippen LogP contribution is 2.27. The first kappa shape index (κ1) is 30.0. The maximum absolute atomic E-state index is 14.0. The van der Waals surface area contributed by atoms with Crippen LogP contribution < -0.4 is 9.62 Å². The molecule has 1 atom stereocenters. The van der Waals surface area contributed by atoms with E-state index in [1.165, 1.54) is 41.3 Å². The minimum atomic E-state index is -4.27. The molecular formula is C29H31ClN4O6S. The predicted octanol–water partition coefficient (Wildman–Crippen LogP) is 4.92. The normalized spacial score (nSPS) is 14.3. The Balaban J connectivity index is 1.70. The van der Waals surface area contributed by atoms with Crippen LogP contribution in [0, 0.1) is 10.1 Å². The first-order valence-corrected chi connectivity index (χ1v) is 15.0. The van der Waals surface area contributed by atoms with Crippen LogP contribution in [0.1, 0.15) is 38.2 Å². The molecule has 0 saturated heterocycles. The van der Waals surface area contributed by atoms with Crippen molar-refractivity contribution in [2.45, 2.75) is 56.1 Å². The third-order valence-corrected chi connectivity index (χ3v) is 9.28. The Morgan fingerprint density at radius 2 is 1.61 bits per heavy atom. The van der Waals surface area contributed by atoms with E-state index in [-0.39, 0.29) is 34.8 Å². The minimum absolute atomic E-state index is 0.0253. The van der Waals surface area contributed by atoms with Gasteiger partial charge in [-0.25, -0.2) is 8.42 Å². The largest absolute Gasteiger partial charge is 0.352 e. The summed E-state index contributed by atoms with van der Waals surface area (Å²) in [5.74, 6) is -0.984. The summed E-state index contributed by atoms with van der Waals surface area (Å²) >= 11 is 6.39. The second-order valence-corrected chi connectivity index (χ2v) is 12.1. The van der Waals surface area contributed by atoms with Crippen molar-refractivity contribution in [3.63, 3.8) is 0 Å². The molecule has 1 aliphatic rings. The summed E-state index contributed by atoms with van der Waals surface area (Å²) in [6.45, 7) is 0.915. The molecule has 0 bridgehead atoms. The van der Waals surface area contributed by atoms with Crippen LogP contribution in [-0.2, 0) is 26.2 Å². The zero-order valence-electron chi connectivity index (χ0n) is 22.5. The average Bonchev–Trinajstić information content (AvgIpc) is 3.48. The fraction of sp³-hybridized carbons (Fsp3) is 0.310. The van der Waals surface area contributed by atoms with Gasteiger partial charge < -0.3 is 10.2 Å². The van der Waals surface area contributed by atoms with Crippen LogP contribution in [0.4, 0.5) is 11.4 Å². The summed E-state index contributed by atoms with van der Waals surface area (Å²) in [6.07, 6.45) is 3.76. The number of anilines is 1. The van der Waals surface area contributed by atoms with Gasteiger partial charge in [0.05, 0.1) is 15.5 Å². The molecule has 3 aromatic carbocycles. The van der Waals surface area contributed by atoms with Gasteiger partial charge in [0, 0.05) is 29.7 Å². The molecule has 0 aliphatic heterocycles. The number of rotatable bonds is 11. The summed E-state index contributed by atoms with van der Waals surface area (Å²) in [5, 5.41) is 14.6. The lowest BCUT2D eigenvalue weighted by Crippen LogP contribution is -2.52. The third-order valence-electron chi connectivity index (χ3n) is 7.13. The molecule has 1 fully saturated rings. The van der Waals surface area contributed by atoms with E-state index in [0.717, 1.165) is 30.0 Å². The molecule has 1 aliphatic carbocycles. The van der Waals surface area contributed by atoms with Gasteiger partial charge >= 0.3 is 0 Å². The summed E-state index contributed by atoms with van der Waals surface area (Å²) in [7, 11) is -4.27. The summed E-state index contributed by atoms with van der Waals surface area (Å²) in [5.41, 5.74) is 0.430. The Morgan fingerprint density at radius 3 is 2.22 bits per heavy atom. The van der Waals surface area contributed by atoms with Gasteiger partial charge in [-0.05, 0) is 55.7 Å². The molecule has 0 unspecified atom stereocenters. The summed E-state index contributed by atoms with van der Waals surface area (Å²) in [6, 6.07) is 18.5. The number of carbonyl (C=O) groups is 2. The van der Waals surface area contributed by atoms with Crippen molar-refractivity contribution in [2.24, 2.45) is 0 Å². The lowest BCUT2D eigenvalue weighted by Gasteiger charge is -2.32. The van der Waals surface area contributed by atoms with E-state index in [2.05, 4.69) is 5.32 Å². The van der Waals surface area contributed by atoms with Crippen molar-refractivity contribution in [1.82, 2.24) is 10.2 Å². The van der Waals surface area contributed by atoms with Crippen molar-refractivity contribution in [3.8, 4) is 0 Å². The second-order valence-electron chi connectivity index (χ2n) is 9.88. The molecule has 1 saturated carbocycles. The number of hydrogen-bond donors (Lipinski definition) is 1. The van der Waals surface area contributed by atoms with E-state index in [1.807, 2.05) is 0 Å². The molecule has 10 nitrogen and oxygen atoms in total. The highest BCUT2D eigenvalue weighted by molar-refractivity contribution is 7.92. The number of benzene rings is 3. The Hall–Kier alpha value is -3.96. The number of sulfonamides is 1. The SMILES string of the molecule is C[C@H](C(=O)NC1CCCC1)N(Cc1ccccc1Cl)C(=O)CN(c1ccc([N+](=O)[O-])cc1)S(=O)(=O)c1ccccc1. The van der Waals surface area contributed by atoms with Gasteiger partial charge in [-0.2, -0.15) is 0 Å². The van der Waals surface area contributed by atoms with Gasteiger partial charge in [0.1, 0.15) is 12.6 Å². The zero-order valence-corrected chi connectivity index (χ0v) is 24.1. The van der Waals surface area contributed by atoms with E-state index in [9.17, 15) is 28.1 Å². The molecule has 12 heteroatoms. The number of nitro benzene ring substituents is 1. The first-order chi connectivity index (χ1) is 19.6. The van der Waals surface area contributed by atoms with Crippen molar-refractivity contribution in [3.05, 3.63) is 99.6 Å². The number of nitrogens with one attached hydrogen (secondary N) is 1. The summed E-state index contributed by atoms with van der Waals surface area (Å²) < 4.78 is 28.5. The van der Waals surface area contributed by atoms with Gasteiger partial charge in [-0.1, -0.05) is 60.8 Å². The number of amides is 2. The minimum Gasteiger partial charge on any atom is -0.352 e. The van der Waals surface area contributed by atoms with Crippen LogP contribution in [0.3, 0.4) is 0 Å². The van der Waals surface area contributed by atoms with E-state index < -0.39 is 33.4 Å². The highest BCUT2D eigenvalue weighted by atomic mass is 35.5. The molecule has 4 rings (SSSR count). The van der Waals surface area contributed by atoms with E-state index in [1.54, 1.807) is 49.4 Å². The Morgan fingerprint density at radius 1 is 1.00 bits per heavy atom. The van der Waals surface area contributed by atoms with Crippen LogP contribution in [0.5, 0.6) is 0 Å². The molecule has 41 heavy (non-hydrogen) atoms. The lowest BCUT2D eigenvalue weighted by atomic mass is 10.1. The van der Waals surface area contributed by atoms with Gasteiger partial charge in [0.25, 0.3) is 15.7 Å². The zero-order chi connectivity index (χ0) is 29.6. The molecule has 0 radical (unpaired) electrons. The Kier molecular flexibility index (Phi) is 9.61. The molecule has 0 heterocycles. The smallest absolute Gasteiger partial charge is 0.269 e. The van der Waals surface area contributed by atoms with Crippen LogP contribution in [-0.4, -0.2) is 48.7 Å². The van der Waals surface area contributed by atoms with Gasteiger partial charge in [-0.15, -0.1) is 0 Å². The van der Waals surface area contributed by atoms with Crippen molar-refractivity contribution < 1.29 is 22.9 Å². The Labute approximate surface area is 244 Å². The number of carbonyl (C=O) groups excluding carboxylic acids is 2. The van der Waals surface area contributed by atoms with Crippen molar-refractivity contribution >= 4 is 44.8 Å². The standard InChI is InChI=1S/C29H31ClN4O6S/c1-21(29(36)31-23-10-6-7-11-23)32(19-22-9-5-8-14-27(22)30)28(35)20-33(24-15-17-25(18-16-24)34(37)38)41(39,40)26-12-3-2-4-13-26/h2-5,8-9,12-18,21,23H,6-7,10-11,19-20H2,1H3,(H,31,36)/t21-/m1/s1. The van der Waals surface area contributed by atoms with Crippen LogP contribution in [0.2, 0.25) is 5.02 Å². The molecule has 0 aromatic heterocycles. The van der Waals surface area contributed by atoms with E-state index in [0.29, 0.717) is 10.6 Å². The molecule has 0 spiro atoms. The maximum Gasteiger partial charge on any atom is 0.269 e. The van der Waals surface area contributed by atoms with Crippen LogP contribution in [0.25, 0.3) is 0 Å². The van der Waals surface area contributed by atoms with Crippen molar-refractivity contribution in [2.75, 3.05) is 10.8 Å². The van der Waals surface area contributed by atoms with Gasteiger partial charge in [0.15, 0.2) is 0 Å². The Bertz CT molecular complexity index is 1500. The third kappa shape index (κ3) is 7.22. The summed E-state index contributed by atoms with van der Waals surface area (Å²) in [4.78, 5) is 39.1. The van der Waals surface area contributed by atoms with E-state index >= 15 is 0 Å². The van der Waals surface area contributed by atoms with Crippen molar-refractivity contribution in [1.29, 1.82) is 0 Å². The number of nitro groups is 1.